The van der Waals surface area contributed by atoms with Crippen LogP contribution in [-0.4, -0.2) is 18.0 Å². The lowest BCUT2D eigenvalue weighted by atomic mass is 10.2. The van der Waals surface area contributed by atoms with E-state index in [0.29, 0.717) is 11.4 Å². The molecular formula is C10H10FN3O. The van der Waals surface area contributed by atoms with Crippen LogP contribution in [0, 0.1) is 5.82 Å². The molecule has 0 radical (unpaired) electrons. The lowest BCUT2D eigenvalue weighted by molar-refractivity contribution is -0.108. The maximum atomic E-state index is 12.7. The molecule has 1 atom stereocenters. The highest BCUT2D eigenvalue weighted by Crippen LogP contribution is 2.16. The van der Waals surface area contributed by atoms with Gasteiger partial charge in [0.2, 0.25) is 0 Å². The molecular weight excluding hydrogens is 197 g/mol. The van der Waals surface area contributed by atoms with Gasteiger partial charge in [-0.3, -0.25) is 0 Å². The SMILES string of the molecule is CC1=NN(c2ccc(F)cc2)NC1C=O. The van der Waals surface area contributed by atoms with Crippen LogP contribution in [0.5, 0.6) is 0 Å². The second kappa shape index (κ2) is 3.78. The molecule has 0 fully saturated rings. The Kier molecular flexibility index (Phi) is 2.47. The maximum absolute atomic E-state index is 12.7. The summed E-state index contributed by atoms with van der Waals surface area (Å²) in [6.07, 6.45) is 0.780. The van der Waals surface area contributed by atoms with Crippen molar-refractivity contribution in [3.05, 3.63) is 30.1 Å². The van der Waals surface area contributed by atoms with Gasteiger partial charge in [0, 0.05) is 0 Å². The van der Waals surface area contributed by atoms with E-state index in [1.54, 1.807) is 19.1 Å². The molecule has 1 aliphatic rings. The van der Waals surface area contributed by atoms with Crippen LogP contribution in [0.2, 0.25) is 0 Å². The van der Waals surface area contributed by atoms with E-state index in [-0.39, 0.29) is 5.82 Å². The minimum atomic E-state index is -0.393. The molecule has 78 valence electrons. The zero-order chi connectivity index (χ0) is 10.8. The number of hydrogen-bond acceptors (Lipinski definition) is 4. The molecule has 2 rings (SSSR count). The third-order valence-electron chi connectivity index (χ3n) is 2.18. The molecule has 0 saturated heterocycles. The molecule has 1 N–H and O–H groups in total. The Hall–Kier alpha value is -1.75. The number of hydrazine groups is 1. The van der Waals surface area contributed by atoms with Crippen LogP contribution in [0.25, 0.3) is 0 Å². The Labute approximate surface area is 86.4 Å². The normalized spacial score (nSPS) is 20.3. The minimum absolute atomic E-state index is 0.300. The number of aldehydes is 1. The number of carbonyl (C=O) groups excluding carboxylic acids is 1. The van der Waals surface area contributed by atoms with Crippen molar-refractivity contribution in [3.8, 4) is 0 Å². The Morgan fingerprint density at radius 1 is 1.47 bits per heavy atom. The van der Waals surface area contributed by atoms with Gasteiger partial charge in [-0.15, -0.1) is 0 Å². The first-order valence-corrected chi connectivity index (χ1v) is 4.53. The number of nitrogens with zero attached hydrogens (tertiary/aromatic N) is 2. The molecule has 1 aliphatic heterocycles. The second-order valence-electron chi connectivity index (χ2n) is 3.27. The molecule has 5 heteroatoms. The average molecular weight is 207 g/mol. The van der Waals surface area contributed by atoms with Crippen LogP contribution in [-0.2, 0) is 4.79 Å². The van der Waals surface area contributed by atoms with E-state index in [9.17, 15) is 9.18 Å². The Bertz CT molecular complexity index is 402. The van der Waals surface area contributed by atoms with Crippen LogP contribution in [0.15, 0.2) is 29.4 Å². The van der Waals surface area contributed by atoms with Crippen molar-refractivity contribution < 1.29 is 9.18 Å². The molecule has 1 unspecified atom stereocenters. The van der Waals surface area contributed by atoms with Crippen LogP contribution in [0.4, 0.5) is 10.1 Å². The summed E-state index contributed by atoms with van der Waals surface area (Å²) in [4.78, 5) is 10.6. The molecule has 4 nitrogen and oxygen atoms in total. The fraction of sp³-hybridized carbons (Fsp3) is 0.200. The van der Waals surface area contributed by atoms with Gasteiger partial charge in [-0.2, -0.15) is 15.6 Å². The summed E-state index contributed by atoms with van der Waals surface area (Å²) >= 11 is 0. The van der Waals surface area contributed by atoms with Crippen LogP contribution in [0.1, 0.15) is 6.92 Å². The largest absolute Gasteiger partial charge is 0.301 e. The van der Waals surface area contributed by atoms with E-state index in [1.165, 1.54) is 17.3 Å². The number of halogens is 1. The first kappa shape index (κ1) is 9.79. The molecule has 0 aromatic heterocycles. The third kappa shape index (κ3) is 1.87. The summed E-state index contributed by atoms with van der Waals surface area (Å²) < 4.78 is 12.7. The number of rotatable bonds is 2. The van der Waals surface area contributed by atoms with Gasteiger partial charge >= 0.3 is 0 Å². The van der Waals surface area contributed by atoms with Crippen molar-refractivity contribution in [1.29, 1.82) is 0 Å². The number of nitrogens with one attached hydrogen (secondary N) is 1. The van der Waals surface area contributed by atoms with Crippen LogP contribution < -0.4 is 10.5 Å². The number of carbonyl (C=O) groups is 1. The van der Waals surface area contributed by atoms with E-state index in [4.69, 9.17) is 0 Å². The molecule has 0 amide bonds. The number of benzene rings is 1. The smallest absolute Gasteiger partial charge is 0.144 e. The number of hydrogen-bond donors (Lipinski definition) is 1. The third-order valence-corrected chi connectivity index (χ3v) is 2.18. The van der Waals surface area contributed by atoms with Gasteiger partial charge in [-0.25, -0.2) is 4.39 Å². The molecule has 0 bridgehead atoms. The summed E-state index contributed by atoms with van der Waals surface area (Å²) in [6, 6.07) is 5.47. The van der Waals surface area contributed by atoms with Gasteiger partial charge in [-0.1, -0.05) is 0 Å². The predicted octanol–water partition coefficient (Wildman–Crippen LogP) is 1.09. The van der Waals surface area contributed by atoms with Gasteiger partial charge in [0.25, 0.3) is 0 Å². The van der Waals surface area contributed by atoms with E-state index in [1.807, 2.05) is 0 Å². The van der Waals surface area contributed by atoms with Crippen molar-refractivity contribution in [2.75, 3.05) is 5.12 Å². The first-order chi connectivity index (χ1) is 7.20. The monoisotopic (exact) mass is 207 g/mol. The molecule has 15 heavy (non-hydrogen) atoms. The van der Waals surface area contributed by atoms with Gasteiger partial charge < -0.3 is 4.79 Å². The fourth-order valence-corrected chi connectivity index (χ4v) is 1.32. The van der Waals surface area contributed by atoms with Gasteiger partial charge in [0.05, 0.1) is 11.4 Å². The predicted molar refractivity (Wildman–Crippen MR) is 55.0 cm³/mol. The quantitative estimate of drug-likeness (QED) is 0.738. The lowest BCUT2D eigenvalue weighted by Gasteiger charge is -2.14. The minimum Gasteiger partial charge on any atom is -0.301 e. The first-order valence-electron chi connectivity index (χ1n) is 4.53. The van der Waals surface area contributed by atoms with E-state index >= 15 is 0 Å². The summed E-state index contributed by atoms with van der Waals surface area (Å²) in [5.74, 6) is -0.300. The summed E-state index contributed by atoms with van der Waals surface area (Å²) in [6.45, 7) is 1.76. The highest BCUT2D eigenvalue weighted by Gasteiger charge is 2.22. The Morgan fingerprint density at radius 3 is 2.67 bits per heavy atom. The van der Waals surface area contributed by atoms with Crippen molar-refractivity contribution in [2.45, 2.75) is 13.0 Å². The topological polar surface area (TPSA) is 44.7 Å². The molecule has 0 saturated carbocycles. The van der Waals surface area contributed by atoms with Crippen molar-refractivity contribution in [1.82, 2.24) is 5.43 Å². The fourth-order valence-electron chi connectivity index (χ4n) is 1.32. The highest BCUT2D eigenvalue weighted by atomic mass is 19.1. The van der Waals surface area contributed by atoms with Crippen LogP contribution in [0.3, 0.4) is 0 Å². The second-order valence-corrected chi connectivity index (χ2v) is 3.27. The van der Waals surface area contributed by atoms with Gasteiger partial charge in [0.15, 0.2) is 0 Å². The molecule has 0 aliphatic carbocycles. The van der Waals surface area contributed by atoms with E-state index < -0.39 is 6.04 Å². The standard InChI is InChI=1S/C10H10FN3O/c1-7-10(6-15)13-14(12-7)9-4-2-8(11)3-5-9/h2-6,10,13H,1H3. The van der Waals surface area contributed by atoms with E-state index in [0.717, 1.165) is 6.29 Å². The summed E-state index contributed by atoms with van der Waals surface area (Å²) in [7, 11) is 0. The molecule has 1 aromatic carbocycles. The van der Waals surface area contributed by atoms with Crippen molar-refractivity contribution in [2.24, 2.45) is 5.10 Å². The Morgan fingerprint density at radius 2 is 2.13 bits per heavy atom. The van der Waals surface area contributed by atoms with Gasteiger partial charge in [-0.05, 0) is 31.2 Å². The lowest BCUT2D eigenvalue weighted by Crippen LogP contribution is -2.38. The van der Waals surface area contributed by atoms with E-state index in [2.05, 4.69) is 10.5 Å². The number of anilines is 1. The average Bonchev–Trinajstić information content (AvgIpc) is 2.61. The van der Waals surface area contributed by atoms with Gasteiger partial charge in [0.1, 0.15) is 18.1 Å². The van der Waals surface area contributed by atoms with Crippen molar-refractivity contribution in [3.63, 3.8) is 0 Å². The number of hydrazone groups is 1. The summed E-state index contributed by atoms with van der Waals surface area (Å²) in [5.41, 5.74) is 4.25. The molecule has 1 aromatic rings. The van der Waals surface area contributed by atoms with Crippen LogP contribution >= 0.6 is 0 Å². The molecule has 0 spiro atoms. The molecule has 1 heterocycles. The zero-order valence-corrected chi connectivity index (χ0v) is 8.14. The maximum Gasteiger partial charge on any atom is 0.144 e. The zero-order valence-electron chi connectivity index (χ0n) is 8.14. The van der Waals surface area contributed by atoms with Crippen molar-refractivity contribution >= 4 is 17.7 Å². The summed E-state index contributed by atoms with van der Waals surface area (Å²) in [5, 5.41) is 5.59. The highest BCUT2D eigenvalue weighted by molar-refractivity contribution is 6.01. The Balaban J connectivity index is 2.21.